The monoisotopic (exact) mass is 439 g/mol. The molecule has 3 heterocycles. The fourth-order valence-corrected chi connectivity index (χ4v) is 5.31. The largest absolute Gasteiger partial charge is 0.357 e. The summed E-state index contributed by atoms with van der Waals surface area (Å²) >= 11 is 1.87. The molecular formula is C24H33N5OS. The summed E-state index contributed by atoms with van der Waals surface area (Å²) in [4.78, 5) is 23.0. The van der Waals surface area contributed by atoms with Crippen LogP contribution >= 0.6 is 11.3 Å². The topological polar surface area (TPSA) is 60.0 Å². The molecule has 0 aliphatic carbocycles. The van der Waals surface area contributed by atoms with Gasteiger partial charge in [-0.2, -0.15) is 0 Å². The maximum Gasteiger partial charge on any atom is 0.244 e. The van der Waals surface area contributed by atoms with E-state index in [9.17, 15) is 4.79 Å². The van der Waals surface area contributed by atoms with Gasteiger partial charge in [0.15, 0.2) is 5.96 Å². The molecular weight excluding hydrogens is 406 g/mol. The number of guanidine groups is 1. The molecule has 1 amide bonds. The second-order valence-corrected chi connectivity index (χ2v) is 9.18. The van der Waals surface area contributed by atoms with Crippen molar-refractivity contribution < 1.29 is 4.79 Å². The Hall–Kier alpha value is -2.38. The first-order chi connectivity index (χ1) is 15.2. The van der Waals surface area contributed by atoms with Gasteiger partial charge in [0.25, 0.3) is 0 Å². The number of aliphatic imine (C=N–C) groups is 1. The number of fused-ring (bicyclic) bond motifs is 1. The van der Waals surface area contributed by atoms with Crippen LogP contribution < -0.4 is 10.6 Å². The van der Waals surface area contributed by atoms with E-state index in [4.69, 9.17) is 0 Å². The Morgan fingerprint density at radius 1 is 1.13 bits per heavy atom. The van der Waals surface area contributed by atoms with Crippen LogP contribution in [-0.4, -0.2) is 60.9 Å². The lowest BCUT2D eigenvalue weighted by atomic mass is 10.0. The second kappa shape index (κ2) is 10.8. The third kappa shape index (κ3) is 5.66. The number of hydrogen-bond donors (Lipinski definition) is 2. The Morgan fingerprint density at radius 2 is 1.94 bits per heavy atom. The zero-order valence-corrected chi connectivity index (χ0v) is 19.2. The number of likely N-dealkylation sites (tertiary alicyclic amines) is 1. The SMILES string of the molecule is CCNC(=NCC(=O)N1CCCC1)NCC(c1ccccc1)N1CCc2sccc2C1. The van der Waals surface area contributed by atoms with Crippen molar-refractivity contribution >= 4 is 23.2 Å². The third-order valence-corrected chi connectivity index (χ3v) is 7.12. The smallest absolute Gasteiger partial charge is 0.244 e. The van der Waals surface area contributed by atoms with Gasteiger partial charge < -0.3 is 15.5 Å². The van der Waals surface area contributed by atoms with Gasteiger partial charge in [-0.1, -0.05) is 30.3 Å². The molecule has 0 radical (unpaired) electrons. The van der Waals surface area contributed by atoms with Crippen LogP contribution in [0.2, 0.25) is 0 Å². The van der Waals surface area contributed by atoms with E-state index in [1.807, 2.05) is 16.2 Å². The van der Waals surface area contributed by atoms with Gasteiger partial charge in [0, 0.05) is 44.1 Å². The summed E-state index contributed by atoms with van der Waals surface area (Å²) in [5.41, 5.74) is 2.76. The average molecular weight is 440 g/mol. The molecule has 0 bridgehead atoms. The average Bonchev–Trinajstić information content (AvgIpc) is 3.50. The molecule has 1 aromatic carbocycles. The standard InChI is InChI=1S/C24H33N5OS/c1-2-25-24(27-17-23(30)28-12-6-7-13-28)26-16-21(19-8-4-3-5-9-19)29-14-10-22-20(18-29)11-15-31-22/h3-5,8-9,11,15,21H,2,6-7,10,12-14,16-18H2,1H3,(H2,25,26,27). The van der Waals surface area contributed by atoms with Gasteiger partial charge in [-0.15, -0.1) is 11.3 Å². The lowest BCUT2D eigenvalue weighted by Crippen LogP contribution is -2.44. The summed E-state index contributed by atoms with van der Waals surface area (Å²) in [5.74, 6) is 0.833. The van der Waals surface area contributed by atoms with Gasteiger partial charge in [0.05, 0.1) is 6.04 Å². The Labute approximate surface area is 189 Å². The lowest BCUT2D eigenvalue weighted by Gasteiger charge is -2.35. The summed E-state index contributed by atoms with van der Waals surface area (Å²) in [6.45, 7) is 7.53. The number of nitrogens with zero attached hydrogens (tertiary/aromatic N) is 3. The first-order valence-electron chi connectivity index (χ1n) is 11.4. The number of thiophene rings is 1. The minimum Gasteiger partial charge on any atom is -0.357 e. The van der Waals surface area contributed by atoms with E-state index in [-0.39, 0.29) is 18.5 Å². The molecule has 1 atom stereocenters. The summed E-state index contributed by atoms with van der Waals surface area (Å²) < 4.78 is 0. The van der Waals surface area contributed by atoms with E-state index in [2.05, 4.69) is 69.2 Å². The molecule has 1 fully saturated rings. The highest BCUT2D eigenvalue weighted by atomic mass is 32.1. The molecule has 7 heteroatoms. The van der Waals surface area contributed by atoms with Crippen LogP contribution in [0.1, 0.15) is 41.8 Å². The van der Waals surface area contributed by atoms with E-state index in [1.54, 1.807) is 0 Å². The summed E-state index contributed by atoms with van der Waals surface area (Å²) in [6.07, 6.45) is 3.32. The molecule has 1 unspecified atom stereocenters. The van der Waals surface area contributed by atoms with Crippen molar-refractivity contribution in [3.05, 3.63) is 57.8 Å². The fraction of sp³-hybridized carbons (Fsp3) is 0.500. The van der Waals surface area contributed by atoms with Crippen LogP contribution in [0.4, 0.5) is 0 Å². The molecule has 166 valence electrons. The summed E-state index contributed by atoms with van der Waals surface area (Å²) in [7, 11) is 0. The molecule has 1 aromatic heterocycles. The predicted molar refractivity (Wildman–Crippen MR) is 127 cm³/mol. The minimum absolute atomic E-state index is 0.121. The molecule has 0 saturated carbocycles. The van der Waals surface area contributed by atoms with E-state index in [0.29, 0.717) is 5.96 Å². The van der Waals surface area contributed by atoms with Crippen LogP contribution in [0.3, 0.4) is 0 Å². The highest BCUT2D eigenvalue weighted by molar-refractivity contribution is 7.10. The number of nitrogens with one attached hydrogen (secondary N) is 2. The normalized spacial score (nSPS) is 18.0. The number of carbonyl (C=O) groups excluding carboxylic acids is 1. The van der Waals surface area contributed by atoms with Crippen molar-refractivity contribution in [1.29, 1.82) is 0 Å². The molecule has 2 aromatic rings. The quantitative estimate of drug-likeness (QED) is 0.514. The van der Waals surface area contributed by atoms with Crippen LogP contribution in [0.25, 0.3) is 0 Å². The third-order valence-electron chi connectivity index (χ3n) is 6.10. The van der Waals surface area contributed by atoms with Crippen LogP contribution in [0.5, 0.6) is 0 Å². The van der Waals surface area contributed by atoms with Crippen molar-refractivity contribution in [3.8, 4) is 0 Å². The number of benzene rings is 1. The number of rotatable bonds is 7. The van der Waals surface area contributed by atoms with E-state index in [0.717, 1.165) is 58.5 Å². The Kier molecular flexibility index (Phi) is 7.59. The van der Waals surface area contributed by atoms with Gasteiger partial charge in [0.2, 0.25) is 5.91 Å². The summed E-state index contributed by atoms with van der Waals surface area (Å²) in [6, 6.07) is 13.2. The molecule has 0 spiro atoms. The highest BCUT2D eigenvalue weighted by Gasteiger charge is 2.25. The fourth-order valence-electron chi connectivity index (χ4n) is 4.42. The molecule has 6 nitrogen and oxygen atoms in total. The Balaban J connectivity index is 1.44. The minimum atomic E-state index is 0.121. The highest BCUT2D eigenvalue weighted by Crippen LogP contribution is 2.30. The van der Waals surface area contributed by atoms with E-state index < -0.39 is 0 Å². The number of hydrogen-bond acceptors (Lipinski definition) is 4. The van der Waals surface area contributed by atoms with Gasteiger partial charge in [-0.05, 0) is 48.8 Å². The zero-order valence-electron chi connectivity index (χ0n) is 18.3. The van der Waals surface area contributed by atoms with E-state index in [1.165, 1.54) is 16.0 Å². The van der Waals surface area contributed by atoms with Crippen LogP contribution in [0.15, 0.2) is 46.8 Å². The van der Waals surface area contributed by atoms with Gasteiger partial charge in [0.1, 0.15) is 6.54 Å². The van der Waals surface area contributed by atoms with Crippen LogP contribution in [-0.2, 0) is 17.8 Å². The van der Waals surface area contributed by atoms with E-state index >= 15 is 0 Å². The maximum absolute atomic E-state index is 12.4. The van der Waals surface area contributed by atoms with Crippen molar-refractivity contribution in [2.45, 2.75) is 38.8 Å². The van der Waals surface area contributed by atoms with Gasteiger partial charge in [-0.25, -0.2) is 4.99 Å². The molecule has 2 aliphatic rings. The predicted octanol–water partition coefficient (Wildman–Crippen LogP) is 3.03. The Bertz CT molecular complexity index is 875. The van der Waals surface area contributed by atoms with Crippen molar-refractivity contribution in [2.75, 3.05) is 39.3 Å². The van der Waals surface area contributed by atoms with Crippen molar-refractivity contribution in [2.24, 2.45) is 4.99 Å². The molecule has 2 N–H and O–H groups in total. The van der Waals surface area contributed by atoms with Gasteiger partial charge >= 0.3 is 0 Å². The Morgan fingerprint density at radius 3 is 2.71 bits per heavy atom. The molecule has 31 heavy (non-hydrogen) atoms. The molecule has 1 saturated heterocycles. The van der Waals surface area contributed by atoms with Crippen LogP contribution in [0, 0.1) is 0 Å². The first kappa shape index (κ1) is 21.8. The van der Waals surface area contributed by atoms with Gasteiger partial charge in [-0.3, -0.25) is 9.69 Å². The lowest BCUT2D eigenvalue weighted by molar-refractivity contribution is -0.128. The maximum atomic E-state index is 12.4. The summed E-state index contributed by atoms with van der Waals surface area (Å²) in [5, 5.41) is 9.02. The molecule has 4 rings (SSSR count). The van der Waals surface area contributed by atoms with Crippen molar-refractivity contribution in [3.63, 3.8) is 0 Å². The molecule has 2 aliphatic heterocycles. The van der Waals surface area contributed by atoms with Crippen molar-refractivity contribution in [1.82, 2.24) is 20.4 Å². The number of carbonyl (C=O) groups is 1. The zero-order chi connectivity index (χ0) is 21.5. The number of amides is 1. The first-order valence-corrected chi connectivity index (χ1v) is 12.3. The second-order valence-electron chi connectivity index (χ2n) is 8.18.